The van der Waals surface area contributed by atoms with Gasteiger partial charge in [0.25, 0.3) is 0 Å². The number of amides is 2. The number of rotatable bonds is 6. The molecule has 224 valence electrons. The van der Waals surface area contributed by atoms with E-state index in [-0.39, 0.29) is 18.6 Å². The molecule has 8 heteroatoms. The number of para-hydroxylation sites is 3. The number of nitriles is 1. The van der Waals surface area contributed by atoms with Crippen molar-refractivity contribution in [2.45, 2.75) is 27.7 Å². The number of carbonyl (C=O) groups excluding carboxylic acids is 2. The molecule has 0 aromatic heterocycles. The summed E-state index contributed by atoms with van der Waals surface area (Å²) in [7, 11) is 0. The fourth-order valence-electron chi connectivity index (χ4n) is 2.71. The minimum atomic E-state index is 0.0394. The highest BCUT2D eigenvalue weighted by molar-refractivity contribution is 5.72. The first kappa shape index (κ1) is 37.4. The molecule has 0 aliphatic rings. The highest BCUT2D eigenvalue weighted by atomic mass is 16.7. The van der Waals surface area contributed by atoms with Gasteiger partial charge in [-0.15, -0.1) is 0 Å². The molecule has 0 unspecified atom stereocenters. The zero-order valence-corrected chi connectivity index (χ0v) is 25.2. The van der Waals surface area contributed by atoms with Crippen LogP contribution in [0.25, 0.3) is 4.85 Å². The summed E-state index contributed by atoms with van der Waals surface area (Å²) in [6.45, 7) is 15.0. The average molecular weight is 581 g/mol. The molecular weight excluding hydrogens is 540 g/mol. The molecule has 4 rings (SSSR count). The van der Waals surface area contributed by atoms with Crippen molar-refractivity contribution >= 4 is 17.5 Å². The third kappa shape index (κ3) is 24.0. The summed E-state index contributed by atoms with van der Waals surface area (Å²) in [4.78, 5) is 23.1. The van der Waals surface area contributed by atoms with Crippen molar-refractivity contribution in [2.75, 3.05) is 19.9 Å². The van der Waals surface area contributed by atoms with Crippen molar-refractivity contribution in [3.8, 4) is 17.6 Å². The molecule has 2 N–H and O–H groups in total. The van der Waals surface area contributed by atoms with E-state index in [0.717, 1.165) is 24.6 Å². The summed E-state index contributed by atoms with van der Waals surface area (Å²) in [6, 6.07) is 39.5. The van der Waals surface area contributed by atoms with Crippen LogP contribution in [0.5, 0.6) is 11.5 Å². The van der Waals surface area contributed by atoms with Gasteiger partial charge in [-0.25, -0.2) is 4.85 Å². The van der Waals surface area contributed by atoms with Gasteiger partial charge < -0.3 is 20.1 Å². The van der Waals surface area contributed by atoms with E-state index in [1.807, 2.05) is 117 Å². The van der Waals surface area contributed by atoms with Crippen LogP contribution in [0.1, 0.15) is 33.3 Å². The zero-order chi connectivity index (χ0) is 32.0. The maximum absolute atomic E-state index is 9.93. The van der Waals surface area contributed by atoms with Crippen molar-refractivity contribution in [1.29, 1.82) is 5.26 Å². The maximum Gasteiger partial charge on any atom is 0.230 e. The van der Waals surface area contributed by atoms with E-state index < -0.39 is 0 Å². The first-order valence-corrected chi connectivity index (χ1v) is 13.6. The Kier molecular flexibility index (Phi) is 23.1. The summed E-state index contributed by atoms with van der Waals surface area (Å²) in [6.07, 6.45) is 0. The van der Waals surface area contributed by atoms with E-state index in [2.05, 4.69) is 15.5 Å². The average Bonchev–Trinajstić information content (AvgIpc) is 3.04. The summed E-state index contributed by atoms with van der Waals surface area (Å²) in [5, 5.41) is 13.4. The molecule has 0 saturated carbocycles. The molecule has 0 saturated heterocycles. The number of ether oxygens (including phenoxy) is 2. The Morgan fingerprint density at radius 1 is 0.674 bits per heavy atom. The zero-order valence-electron chi connectivity index (χ0n) is 25.2. The predicted molar refractivity (Wildman–Crippen MR) is 172 cm³/mol. The van der Waals surface area contributed by atoms with Gasteiger partial charge in [0.15, 0.2) is 5.69 Å². The van der Waals surface area contributed by atoms with Crippen LogP contribution in [0.15, 0.2) is 121 Å². The van der Waals surface area contributed by atoms with Crippen LogP contribution in [0, 0.1) is 17.9 Å². The maximum atomic E-state index is 9.93. The number of nitrogens with zero attached hydrogens (tertiary/aromatic N) is 2. The summed E-state index contributed by atoms with van der Waals surface area (Å²) in [5.41, 5.74) is 1.42. The van der Waals surface area contributed by atoms with Gasteiger partial charge in [0, 0.05) is 26.9 Å². The predicted octanol–water partition coefficient (Wildman–Crippen LogP) is 7.18. The van der Waals surface area contributed by atoms with Gasteiger partial charge in [0.1, 0.15) is 11.5 Å². The third-order valence-electron chi connectivity index (χ3n) is 4.58. The molecule has 8 nitrogen and oxygen atoms in total. The fraction of sp³-hybridized carbons (Fsp3) is 0.200. The lowest BCUT2D eigenvalue weighted by Gasteiger charge is -2.07. The first-order valence-electron chi connectivity index (χ1n) is 13.6. The van der Waals surface area contributed by atoms with Crippen molar-refractivity contribution in [1.82, 2.24) is 10.6 Å². The molecule has 0 radical (unpaired) electrons. The Morgan fingerprint density at radius 3 is 1.26 bits per heavy atom. The van der Waals surface area contributed by atoms with Crippen LogP contribution in [0.3, 0.4) is 0 Å². The molecule has 0 fully saturated rings. The minimum Gasteiger partial charge on any atom is -0.458 e. The second kappa shape index (κ2) is 26.6. The fourth-order valence-corrected chi connectivity index (χ4v) is 2.71. The number of hydrogen-bond acceptors (Lipinski definition) is 5. The van der Waals surface area contributed by atoms with Crippen LogP contribution >= 0.6 is 0 Å². The smallest absolute Gasteiger partial charge is 0.230 e. The monoisotopic (exact) mass is 580 g/mol. The number of nitrogens with one attached hydrogen (secondary N) is 2. The van der Waals surface area contributed by atoms with E-state index in [4.69, 9.17) is 21.3 Å². The minimum absolute atomic E-state index is 0.0394. The van der Waals surface area contributed by atoms with E-state index in [1.54, 1.807) is 24.3 Å². The van der Waals surface area contributed by atoms with Gasteiger partial charge >= 0.3 is 0 Å². The number of benzene rings is 4. The van der Waals surface area contributed by atoms with Gasteiger partial charge in [0.05, 0.1) is 18.2 Å². The standard InChI is InChI=1S/C13H12O2.2C7H5N.2C4H9NO/c1-3-7-12(8-4-1)14-11-15-13-9-5-2-6-10-13;1-8-7-5-3-2-4-6-7;8-6-7-4-2-1-3-5-7;2*1-3-5-4(2)6/h1-10H,11H2;2-6H;1-5H;2*3H2,1-2H3,(H,5,6). The van der Waals surface area contributed by atoms with Crippen LogP contribution in [0.2, 0.25) is 0 Å². The SMILES string of the molecule is CCNC(C)=O.CCNC(C)=O.N#Cc1ccccc1.[C-]#[N+]c1ccccc1.c1ccc(OCOc2ccccc2)cc1. The highest BCUT2D eigenvalue weighted by Gasteiger charge is 1.92. The van der Waals surface area contributed by atoms with Crippen molar-refractivity contribution in [2.24, 2.45) is 0 Å². The van der Waals surface area contributed by atoms with Gasteiger partial charge in [-0.3, -0.25) is 9.59 Å². The van der Waals surface area contributed by atoms with Crippen LogP contribution in [-0.4, -0.2) is 31.7 Å². The van der Waals surface area contributed by atoms with Crippen LogP contribution < -0.4 is 20.1 Å². The molecule has 4 aromatic carbocycles. The van der Waals surface area contributed by atoms with Gasteiger partial charge in [0.2, 0.25) is 18.6 Å². The largest absolute Gasteiger partial charge is 0.458 e. The Balaban J connectivity index is 0.000000546. The molecule has 0 atom stereocenters. The first-order chi connectivity index (χ1) is 20.9. The second-order valence-corrected chi connectivity index (χ2v) is 8.13. The van der Waals surface area contributed by atoms with Gasteiger partial charge in [-0.05, 0) is 50.2 Å². The van der Waals surface area contributed by atoms with E-state index >= 15 is 0 Å². The number of carbonyl (C=O) groups is 2. The summed E-state index contributed by atoms with van der Waals surface area (Å²) < 4.78 is 10.8. The molecule has 43 heavy (non-hydrogen) atoms. The molecule has 2 amide bonds. The molecule has 4 aromatic rings. The molecule has 0 spiro atoms. The Labute approximate surface area is 255 Å². The third-order valence-corrected chi connectivity index (χ3v) is 4.58. The van der Waals surface area contributed by atoms with Crippen LogP contribution in [-0.2, 0) is 9.59 Å². The highest BCUT2D eigenvalue weighted by Crippen LogP contribution is 2.11. The lowest BCUT2D eigenvalue weighted by molar-refractivity contribution is -0.119. The normalized spacial score (nSPS) is 8.42. The molecule has 0 heterocycles. The molecular formula is C35H40N4O4. The topological polar surface area (TPSA) is 105 Å². The van der Waals surface area contributed by atoms with E-state index in [9.17, 15) is 9.59 Å². The summed E-state index contributed by atoms with van der Waals surface area (Å²) >= 11 is 0. The number of hydrogen-bond donors (Lipinski definition) is 2. The quantitative estimate of drug-likeness (QED) is 0.186. The van der Waals surface area contributed by atoms with Crippen molar-refractivity contribution < 1.29 is 19.1 Å². The Morgan fingerprint density at radius 2 is 1.02 bits per heavy atom. The van der Waals surface area contributed by atoms with Gasteiger partial charge in [-0.2, -0.15) is 5.26 Å². The van der Waals surface area contributed by atoms with Gasteiger partial charge in [-0.1, -0.05) is 84.9 Å². The summed E-state index contributed by atoms with van der Waals surface area (Å²) in [5.74, 6) is 1.71. The van der Waals surface area contributed by atoms with Crippen molar-refractivity contribution in [3.63, 3.8) is 0 Å². The lowest BCUT2D eigenvalue weighted by atomic mass is 10.2. The lowest BCUT2D eigenvalue weighted by Crippen LogP contribution is -2.18. The van der Waals surface area contributed by atoms with E-state index in [1.165, 1.54) is 13.8 Å². The molecule has 0 aliphatic carbocycles. The van der Waals surface area contributed by atoms with E-state index in [0.29, 0.717) is 11.3 Å². The Bertz CT molecular complexity index is 1220. The Hall–Kier alpha value is -5.60. The molecule has 0 aliphatic heterocycles. The molecule has 0 bridgehead atoms. The second-order valence-electron chi connectivity index (χ2n) is 8.13. The van der Waals surface area contributed by atoms with Crippen molar-refractivity contribution in [3.05, 3.63) is 138 Å². The van der Waals surface area contributed by atoms with Crippen LogP contribution in [0.4, 0.5) is 5.69 Å².